The maximum atomic E-state index is 13.6. The van der Waals surface area contributed by atoms with Crippen LogP contribution >= 0.6 is 46.6 Å². The predicted octanol–water partition coefficient (Wildman–Crippen LogP) is 4.09. The summed E-state index contributed by atoms with van der Waals surface area (Å²) in [5.41, 5.74) is 2.81. The molecule has 7 atom stereocenters. The molecule has 2 aromatic rings. The van der Waals surface area contributed by atoms with Gasteiger partial charge in [-0.15, -0.1) is 0 Å². The lowest BCUT2D eigenvalue weighted by molar-refractivity contribution is -0.156. The number of carbonyl (C=O) groups excluding carboxylic acids is 2. The van der Waals surface area contributed by atoms with Crippen molar-refractivity contribution in [3.63, 3.8) is 0 Å². The van der Waals surface area contributed by atoms with Crippen molar-refractivity contribution in [2.75, 3.05) is 46.2 Å². The number of alkyl halides is 3. The van der Waals surface area contributed by atoms with Gasteiger partial charge in [0.05, 0.1) is 31.3 Å². The number of esters is 1. The van der Waals surface area contributed by atoms with E-state index in [9.17, 15) is 30.2 Å². The standard InChI is InChI=1S/C33H37Cl3N4O10S/c1-13-6-15-7-17-18(8-37)40-19(9-47-31(44)16(10-51-5)38-32(45)48-11-33(34,35)36)21-22(25(41)14(2)29-30(21)50-12-49-29)26(42)24(40)23(39(17)3)20(15)27(43)28(13)46-4/h6,16-19,23-24,26,41-43H,7,9-12H2,1-5H3,(H,38,45)/t16-,17-,18-,19-,23-,24+,26?/m0/s1. The second kappa shape index (κ2) is 14.3. The van der Waals surface area contributed by atoms with Crippen LogP contribution in [0.25, 0.3) is 0 Å². The highest BCUT2D eigenvalue weighted by Crippen LogP contribution is 2.61. The zero-order chi connectivity index (χ0) is 37.1. The quantitative estimate of drug-likeness (QED) is 0.222. The van der Waals surface area contributed by atoms with E-state index in [1.54, 1.807) is 18.1 Å². The summed E-state index contributed by atoms with van der Waals surface area (Å²) in [6, 6.07) is -0.752. The minimum absolute atomic E-state index is 0.0853. The summed E-state index contributed by atoms with van der Waals surface area (Å²) in [5.74, 6) is -0.252. The molecular formula is C33H37Cl3N4O10S. The number of carbonyl (C=O) groups is 2. The number of methoxy groups -OCH3 is 1. The largest absolute Gasteiger partial charge is 0.507 e. The number of rotatable bonds is 8. The van der Waals surface area contributed by atoms with Gasteiger partial charge in [0.1, 0.15) is 37.2 Å². The smallest absolute Gasteiger partial charge is 0.408 e. The molecule has 4 N–H and O–H groups in total. The number of benzene rings is 2. The lowest BCUT2D eigenvalue weighted by atomic mass is 9.70. The van der Waals surface area contributed by atoms with E-state index in [1.807, 2.05) is 24.9 Å². The Labute approximate surface area is 313 Å². The number of amides is 1. The molecule has 1 saturated heterocycles. The van der Waals surface area contributed by atoms with Crippen molar-refractivity contribution in [2.24, 2.45) is 0 Å². The molecule has 2 bridgehead atoms. The summed E-state index contributed by atoms with van der Waals surface area (Å²) in [4.78, 5) is 29.9. The van der Waals surface area contributed by atoms with Crippen LogP contribution in [-0.2, 0) is 20.7 Å². The zero-order valence-electron chi connectivity index (χ0n) is 28.2. The van der Waals surface area contributed by atoms with Crippen molar-refractivity contribution in [1.82, 2.24) is 15.1 Å². The third-order valence-electron chi connectivity index (χ3n) is 10.0. The normalized spacial score (nSPS) is 25.5. The molecule has 276 valence electrons. The molecule has 14 nitrogen and oxygen atoms in total. The van der Waals surface area contributed by atoms with E-state index in [4.69, 9.17) is 58.5 Å². The molecule has 4 aliphatic heterocycles. The highest BCUT2D eigenvalue weighted by atomic mass is 35.6. The van der Waals surface area contributed by atoms with E-state index < -0.39 is 64.8 Å². The summed E-state index contributed by atoms with van der Waals surface area (Å²) < 4.78 is 26.2. The van der Waals surface area contributed by atoms with Gasteiger partial charge in [-0.2, -0.15) is 17.0 Å². The number of aromatic hydroxyl groups is 2. The maximum Gasteiger partial charge on any atom is 0.408 e. The average Bonchev–Trinajstić information content (AvgIpc) is 3.56. The molecule has 0 saturated carbocycles. The maximum absolute atomic E-state index is 13.6. The number of nitriles is 1. The first-order valence-corrected chi connectivity index (χ1v) is 18.4. The molecule has 0 aliphatic carbocycles. The Hall–Kier alpha value is -3.23. The minimum atomic E-state index is -1.86. The summed E-state index contributed by atoms with van der Waals surface area (Å²) in [7, 11) is 3.29. The second-order valence-corrected chi connectivity index (χ2v) is 16.3. The third-order valence-corrected chi connectivity index (χ3v) is 11.0. The Morgan fingerprint density at radius 1 is 1.16 bits per heavy atom. The predicted molar refractivity (Wildman–Crippen MR) is 187 cm³/mol. The van der Waals surface area contributed by atoms with Crippen LogP contribution in [0.1, 0.15) is 51.6 Å². The number of fused-ring (bicyclic) bond motifs is 9. The number of nitrogens with one attached hydrogen (secondary N) is 1. The summed E-state index contributed by atoms with van der Waals surface area (Å²) in [6.07, 6.45) is -0.313. The molecule has 0 aromatic heterocycles. The number of aliphatic hydroxyl groups is 1. The Morgan fingerprint density at radius 2 is 1.86 bits per heavy atom. The van der Waals surface area contributed by atoms with E-state index in [-0.39, 0.29) is 53.5 Å². The first-order chi connectivity index (χ1) is 24.1. The number of likely N-dealkylation sites (N-methyl/N-ethyl adjacent to an activating group) is 1. The number of phenols is 2. The molecule has 18 heteroatoms. The average molecular weight is 788 g/mol. The van der Waals surface area contributed by atoms with Crippen LogP contribution in [0.4, 0.5) is 4.79 Å². The van der Waals surface area contributed by atoms with Gasteiger partial charge >= 0.3 is 12.1 Å². The van der Waals surface area contributed by atoms with Crippen molar-refractivity contribution < 1.29 is 48.6 Å². The van der Waals surface area contributed by atoms with Crippen LogP contribution in [0.5, 0.6) is 28.7 Å². The fourth-order valence-electron chi connectivity index (χ4n) is 7.95. The number of phenolic OH excluding ortho intramolecular Hbond substituents is 2. The van der Waals surface area contributed by atoms with Crippen LogP contribution < -0.4 is 19.5 Å². The molecule has 1 amide bonds. The van der Waals surface area contributed by atoms with Crippen molar-refractivity contribution in [1.29, 1.82) is 5.26 Å². The monoisotopic (exact) mass is 786 g/mol. The van der Waals surface area contributed by atoms with E-state index in [2.05, 4.69) is 11.4 Å². The van der Waals surface area contributed by atoms with E-state index >= 15 is 0 Å². The number of nitrogens with zero attached hydrogens (tertiary/aromatic N) is 3. The number of aliphatic hydroxyl groups excluding tert-OH is 1. The molecule has 1 unspecified atom stereocenters. The van der Waals surface area contributed by atoms with Gasteiger partial charge < -0.3 is 44.3 Å². The van der Waals surface area contributed by atoms with E-state index in [1.165, 1.54) is 18.9 Å². The van der Waals surface area contributed by atoms with Crippen LogP contribution in [0.15, 0.2) is 6.07 Å². The highest BCUT2D eigenvalue weighted by Gasteiger charge is 2.60. The molecule has 2 aromatic carbocycles. The van der Waals surface area contributed by atoms with Crippen molar-refractivity contribution in [3.8, 4) is 34.8 Å². The number of aryl methyl sites for hydroxylation is 1. The third kappa shape index (κ3) is 6.43. The number of thioether (sulfide) groups is 1. The van der Waals surface area contributed by atoms with Crippen LogP contribution in [-0.4, -0.2) is 111 Å². The number of piperazine rings is 1. The Morgan fingerprint density at radius 3 is 2.51 bits per heavy atom. The SMILES string of the molecule is COc1c(C)cc2c(c1O)[C@H]1[C@@H]3C(O)c4c(O)c(C)c5c(c4[C@H](COC(=O)[C@H](CSC)NC(=O)OCC(Cl)(Cl)Cl)N3[C@@H](C#N)[C@H](C2)N1C)OCO5. The van der Waals surface area contributed by atoms with Gasteiger partial charge in [-0.05, 0) is 44.7 Å². The Balaban J connectivity index is 1.45. The molecule has 0 spiro atoms. The van der Waals surface area contributed by atoms with Crippen LogP contribution in [0, 0.1) is 25.2 Å². The van der Waals surface area contributed by atoms with Crippen molar-refractivity contribution >= 4 is 58.6 Å². The van der Waals surface area contributed by atoms with Gasteiger partial charge in [0, 0.05) is 34.0 Å². The number of halogens is 3. The van der Waals surface area contributed by atoms with Crippen molar-refractivity contribution in [3.05, 3.63) is 39.4 Å². The lowest BCUT2D eigenvalue weighted by Gasteiger charge is -2.60. The molecule has 51 heavy (non-hydrogen) atoms. The Kier molecular flexibility index (Phi) is 10.5. The fraction of sp³-hybridized carbons (Fsp3) is 0.545. The van der Waals surface area contributed by atoms with Gasteiger partial charge in [0.2, 0.25) is 10.6 Å². The van der Waals surface area contributed by atoms with Gasteiger partial charge in [0.25, 0.3) is 0 Å². The van der Waals surface area contributed by atoms with Crippen LogP contribution in [0.3, 0.4) is 0 Å². The molecule has 4 aliphatic rings. The fourth-order valence-corrected chi connectivity index (χ4v) is 8.67. The summed E-state index contributed by atoms with van der Waals surface area (Å²) >= 11 is 18.3. The summed E-state index contributed by atoms with van der Waals surface area (Å²) in [6.45, 7) is 2.34. The van der Waals surface area contributed by atoms with E-state index in [0.29, 0.717) is 28.7 Å². The number of alkyl carbamates (subject to hydrolysis) is 1. The first kappa shape index (κ1) is 37.5. The van der Waals surface area contributed by atoms with Crippen LogP contribution in [0.2, 0.25) is 0 Å². The minimum Gasteiger partial charge on any atom is -0.507 e. The van der Waals surface area contributed by atoms with E-state index in [0.717, 1.165) is 5.56 Å². The van der Waals surface area contributed by atoms with Crippen molar-refractivity contribution in [2.45, 2.75) is 66.4 Å². The first-order valence-electron chi connectivity index (χ1n) is 15.9. The highest BCUT2D eigenvalue weighted by molar-refractivity contribution is 7.98. The van der Waals surface area contributed by atoms with Gasteiger partial charge in [0.15, 0.2) is 23.0 Å². The summed E-state index contributed by atoms with van der Waals surface area (Å²) in [5, 5.41) is 48.9. The topological polar surface area (TPSA) is 183 Å². The number of hydrogen-bond donors (Lipinski definition) is 4. The number of ether oxygens (including phenoxy) is 5. The molecule has 6 rings (SSSR count). The Bertz CT molecular complexity index is 1790. The number of hydrogen-bond acceptors (Lipinski definition) is 14. The van der Waals surface area contributed by atoms with Gasteiger partial charge in [-0.3, -0.25) is 9.80 Å². The second-order valence-electron chi connectivity index (χ2n) is 12.8. The van der Waals surface area contributed by atoms with Gasteiger partial charge in [-0.25, -0.2) is 9.59 Å². The molecule has 1 fully saturated rings. The zero-order valence-corrected chi connectivity index (χ0v) is 31.3. The molecular weight excluding hydrogens is 751 g/mol. The molecule has 4 heterocycles. The van der Waals surface area contributed by atoms with Gasteiger partial charge in [-0.1, -0.05) is 40.9 Å². The molecule has 0 radical (unpaired) electrons. The lowest BCUT2D eigenvalue weighted by Crippen LogP contribution is -2.69.